The fourth-order valence-corrected chi connectivity index (χ4v) is 2.40. The molecule has 0 saturated heterocycles. The van der Waals surface area contributed by atoms with E-state index in [0.717, 1.165) is 29.7 Å². The molecule has 0 fully saturated rings. The van der Waals surface area contributed by atoms with Gasteiger partial charge in [-0.1, -0.05) is 6.07 Å². The molecule has 2 aromatic rings. The highest BCUT2D eigenvalue weighted by molar-refractivity contribution is 5.35. The van der Waals surface area contributed by atoms with Crippen LogP contribution >= 0.6 is 0 Å². The monoisotopic (exact) mass is 352 g/mol. The first-order valence-corrected chi connectivity index (χ1v) is 7.93. The van der Waals surface area contributed by atoms with E-state index in [2.05, 4.69) is 5.32 Å². The van der Waals surface area contributed by atoms with Gasteiger partial charge in [-0.15, -0.1) is 0 Å². The minimum Gasteiger partial charge on any atom is -0.371 e. The summed E-state index contributed by atoms with van der Waals surface area (Å²) < 4.78 is 29.2. The lowest BCUT2D eigenvalue weighted by Crippen LogP contribution is -2.39. The van der Waals surface area contributed by atoms with E-state index in [1.165, 1.54) is 23.7 Å². The molecule has 25 heavy (non-hydrogen) atoms. The fraction of sp³-hybridized carbons (Fsp3) is 0.412. The maximum Gasteiger partial charge on any atom is 0.332 e. The predicted octanol–water partition coefficient (Wildman–Crippen LogP) is 1.24. The van der Waals surface area contributed by atoms with Crippen LogP contribution in [0, 0.1) is 11.6 Å². The highest BCUT2D eigenvalue weighted by Crippen LogP contribution is 2.12. The molecule has 8 heteroatoms. The van der Waals surface area contributed by atoms with E-state index in [0.29, 0.717) is 12.4 Å². The Balaban J connectivity index is 2.32. The van der Waals surface area contributed by atoms with Gasteiger partial charge in [0, 0.05) is 31.3 Å². The zero-order chi connectivity index (χ0) is 18.6. The van der Waals surface area contributed by atoms with Crippen molar-refractivity contribution < 1.29 is 8.78 Å². The molecule has 0 radical (unpaired) electrons. The second-order valence-corrected chi connectivity index (χ2v) is 6.11. The van der Waals surface area contributed by atoms with Crippen LogP contribution in [0.15, 0.2) is 33.9 Å². The Morgan fingerprint density at radius 3 is 2.52 bits per heavy atom. The number of hydrogen-bond donors (Lipinski definition) is 1. The Morgan fingerprint density at radius 2 is 1.88 bits per heavy atom. The molecule has 0 aliphatic heterocycles. The van der Waals surface area contributed by atoms with E-state index < -0.39 is 22.9 Å². The number of halogens is 2. The minimum atomic E-state index is -0.737. The second-order valence-electron chi connectivity index (χ2n) is 6.11. The number of nitrogens with zero attached hydrogens (tertiary/aromatic N) is 3. The molecule has 1 heterocycles. The van der Waals surface area contributed by atoms with E-state index >= 15 is 0 Å². The molecule has 136 valence electrons. The molecule has 0 saturated carbocycles. The van der Waals surface area contributed by atoms with Crippen molar-refractivity contribution in [3.8, 4) is 0 Å². The maximum atomic E-state index is 13.9. The van der Waals surface area contributed by atoms with Crippen molar-refractivity contribution >= 4 is 5.82 Å². The average Bonchev–Trinajstić information content (AvgIpc) is 2.54. The van der Waals surface area contributed by atoms with Gasteiger partial charge in [-0.05, 0) is 33.1 Å². The van der Waals surface area contributed by atoms with Crippen molar-refractivity contribution in [3.63, 3.8) is 0 Å². The van der Waals surface area contributed by atoms with Crippen LogP contribution in [-0.4, -0.2) is 41.2 Å². The van der Waals surface area contributed by atoms with Gasteiger partial charge in [0.15, 0.2) is 0 Å². The Kier molecular flexibility index (Phi) is 6.08. The zero-order valence-corrected chi connectivity index (χ0v) is 14.6. The van der Waals surface area contributed by atoms with Gasteiger partial charge in [0.05, 0.1) is 6.54 Å². The standard InChI is InChI=1S/C17H22F2N4O2/c1-21(2)8-4-7-20-15-10-16(24)22(3)17(25)23(15)11-12-5-6-13(18)9-14(12)19/h5-6,9-10,20H,4,7-8,11H2,1-3H3. The summed E-state index contributed by atoms with van der Waals surface area (Å²) in [5.74, 6) is -1.11. The summed E-state index contributed by atoms with van der Waals surface area (Å²) in [5, 5.41) is 3.06. The van der Waals surface area contributed by atoms with Gasteiger partial charge in [-0.3, -0.25) is 13.9 Å². The van der Waals surface area contributed by atoms with Gasteiger partial charge in [-0.25, -0.2) is 13.6 Å². The summed E-state index contributed by atoms with van der Waals surface area (Å²) in [6, 6.07) is 4.50. The second kappa shape index (κ2) is 8.06. The zero-order valence-electron chi connectivity index (χ0n) is 14.6. The number of hydrogen-bond acceptors (Lipinski definition) is 4. The van der Waals surface area contributed by atoms with E-state index in [4.69, 9.17) is 0 Å². The van der Waals surface area contributed by atoms with Gasteiger partial charge in [-0.2, -0.15) is 0 Å². The van der Waals surface area contributed by atoms with Crippen molar-refractivity contribution in [2.24, 2.45) is 7.05 Å². The molecule has 0 atom stereocenters. The average molecular weight is 352 g/mol. The third-order valence-corrected chi connectivity index (χ3v) is 3.83. The Morgan fingerprint density at radius 1 is 1.16 bits per heavy atom. The van der Waals surface area contributed by atoms with Crippen LogP contribution in [0.4, 0.5) is 14.6 Å². The van der Waals surface area contributed by atoms with Gasteiger partial charge < -0.3 is 10.2 Å². The Hall–Kier alpha value is -2.48. The largest absolute Gasteiger partial charge is 0.371 e. The summed E-state index contributed by atoms with van der Waals surface area (Å²) in [6.07, 6.45) is 0.807. The van der Waals surface area contributed by atoms with Crippen LogP contribution < -0.4 is 16.6 Å². The topological polar surface area (TPSA) is 59.3 Å². The molecular formula is C17H22F2N4O2. The Bertz CT molecular complexity index is 859. The van der Waals surface area contributed by atoms with Gasteiger partial charge in [0.25, 0.3) is 5.56 Å². The van der Waals surface area contributed by atoms with Crippen LogP contribution in [0.1, 0.15) is 12.0 Å². The van der Waals surface area contributed by atoms with Gasteiger partial charge in [0.2, 0.25) is 0 Å². The van der Waals surface area contributed by atoms with Crippen molar-refractivity contribution in [2.45, 2.75) is 13.0 Å². The minimum absolute atomic E-state index is 0.102. The van der Waals surface area contributed by atoms with Crippen LogP contribution in [0.25, 0.3) is 0 Å². The third-order valence-electron chi connectivity index (χ3n) is 3.83. The molecule has 0 aliphatic rings. The van der Waals surface area contributed by atoms with Crippen LogP contribution in [0.5, 0.6) is 0 Å². The summed E-state index contributed by atoms with van der Waals surface area (Å²) in [4.78, 5) is 26.3. The Labute approximate surface area is 144 Å². The molecule has 6 nitrogen and oxygen atoms in total. The maximum absolute atomic E-state index is 13.9. The van der Waals surface area contributed by atoms with Crippen molar-refractivity contribution in [1.82, 2.24) is 14.0 Å². The quantitative estimate of drug-likeness (QED) is 0.762. The lowest BCUT2D eigenvalue weighted by Gasteiger charge is -2.16. The number of anilines is 1. The normalized spacial score (nSPS) is 11.1. The molecule has 0 amide bonds. The van der Waals surface area contributed by atoms with E-state index in [-0.39, 0.29) is 12.1 Å². The lowest BCUT2D eigenvalue weighted by molar-refractivity contribution is 0.405. The molecule has 0 spiro atoms. The summed E-state index contributed by atoms with van der Waals surface area (Å²) in [7, 11) is 5.26. The summed E-state index contributed by atoms with van der Waals surface area (Å²) in [6.45, 7) is 1.29. The molecule has 2 rings (SSSR count). The van der Waals surface area contributed by atoms with Crippen molar-refractivity contribution in [3.05, 3.63) is 62.3 Å². The summed E-state index contributed by atoms with van der Waals surface area (Å²) >= 11 is 0. The number of nitrogens with one attached hydrogen (secondary N) is 1. The molecule has 1 aromatic heterocycles. The first-order valence-electron chi connectivity index (χ1n) is 7.93. The van der Waals surface area contributed by atoms with Gasteiger partial charge >= 0.3 is 5.69 Å². The molecular weight excluding hydrogens is 330 g/mol. The fourth-order valence-electron chi connectivity index (χ4n) is 2.40. The SMILES string of the molecule is CN(C)CCCNc1cc(=O)n(C)c(=O)n1Cc1ccc(F)cc1F. The van der Waals surface area contributed by atoms with E-state index in [9.17, 15) is 18.4 Å². The summed E-state index contributed by atoms with van der Waals surface area (Å²) in [5.41, 5.74) is -0.847. The third kappa shape index (κ3) is 4.76. The van der Waals surface area contributed by atoms with Gasteiger partial charge in [0.1, 0.15) is 17.5 Å². The van der Waals surface area contributed by atoms with E-state index in [1.54, 1.807) is 0 Å². The lowest BCUT2D eigenvalue weighted by atomic mass is 10.2. The molecule has 0 aliphatic carbocycles. The molecule has 0 unspecified atom stereocenters. The first kappa shape index (κ1) is 18.9. The van der Waals surface area contributed by atoms with Crippen molar-refractivity contribution in [1.29, 1.82) is 0 Å². The number of aromatic nitrogens is 2. The van der Waals surface area contributed by atoms with Crippen molar-refractivity contribution in [2.75, 3.05) is 32.5 Å². The first-order chi connectivity index (χ1) is 11.8. The number of rotatable bonds is 7. The number of benzene rings is 1. The molecule has 1 N–H and O–H groups in total. The van der Waals surface area contributed by atoms with Crippen LogP contribution in [0.3, 0.4) is 0 Å². The van der Waals surface area contributed by atoms with Crippen LogP contribution in [0.2, 0.25) is 0 Å². The van der Waals surface area contributed by atoms with E-state index in [1.807, 2.05) is 19.0 Å². The van der Waals surface area contributed by atoms with Crippen LogP contribution in [-0.2, 0) is 13.6 Å². The highest BCUT2D eigenvalue weighted by Gasteiger charge is 2.12. The smallest absolute Gasteiger partial charge is 0.332 e. The molecule has 1 aromatic carbocycles. The molecule has 0 bridgehead atoms. The predicted molar refractivity (Wildman–Crippen MR) is 93.1 cm³/mol. The highest BCUT2D eigenvalue weighted by atomic mass is 19.1.